The molecule has 2 saturated carbocycles. The molecule has 4 rings (SSSR count). The molecule has 2 fully saturated rings. The summed E-state index contributed by atoms with van der Waals surface area (Å²) >= 11 is -0.556. The molecule has 0 spiro atoms. The normalized spacial score (nSPS) is 18.6. The van der Waals surface area contributed by atoms with Gasteiger partial charge < -0.3 is 5.11 Å². The van der Waals surface area contributed by atoms with Crippen molar-refractivity contribution in [3.8, 4) is 5.75 Å². The number of nitrogens with zero attached hydrogens (tertiary/aromatic N) is 1. The van der Waals surface area contributed by atoms with Crippen LogP contribution in [0.1, 0.15) is 112 Å². The van der Waals surface area contributed by atoms with Gasteiger partial charge in [0, 0.05) is 11.8 Å². The van der Waals surface area contributed by atoms with Crippen LogP contribution in [0.5, 0.6) is 5.75 Å². The van der Waals surface area contributed by atoms with Gasteiger partial charge in [-0.15, -0.1) is 0 Å². The molecule has 0 amide bonds. The van der Waals surface area contributed by atoms with Gasteiger partial charge in [0.1, 0.15) is 5.75 Å². The zero-order valence-electron chi connectivity index (χ0n) is 19.6. The third-order valence-electron chi connectivity index (χ3n) is 7.17. The molecule has 0 bridgehead atoms. The first-order chi connectivity index (χ1) is 16.2. The molecule has 33 heavy (non-hydrogen) atoms. The minimum absolute atomic E-state index is 0.471. The van der Waals surface area contributed by atoms with Gasteiger partial charge in [0.2, 0.25) is 0 Å². The molecule has 178 valence electrons. The van der Waals surface area contributed by atoms with Crippen LogP contribution in [-0.2, 0) is 17.0 Å². The molecule has 0 radical (unpaired) electrons. The number of aliphatic imine (C=N–C) groups is 1. The van der Waals surface area contributed by atoms with E-state index < -0.39 is 17.0 Å². The Morgan fingerprint density at radius 1 is 0.758 bits per heavy atom. The fourth-order valence-corrected chi connectivity index (χ4v) is 5.39. The van der Waals surface area contributed by atoms with Crippen molar-refractivity contribution < 1.29 is 22.1 Å². The van der Waals surface area contributed by atoms with Gasteiger partial charge in [-0.05, 0) is 66.8 Å². The van der Waals surface area contributed by atoms with Crippen LogP contribution in [0.15, 0.2) is 47.5 Å². The molecular formula is C28H37Cl2NOTi. The third-order valence-corrected chi connectivity index (χ3v) is 7.17. The van der Waals surface area contributed by atoms with E-state index in [4.69, 9.17) is 18.6 Å². The van der Waals surface area contributed by atoms with E-state index >= 15 is 0 Å². The Kier molecular flexibility index (Phi) is 12.4. The maximum atomic E-state index is 11.3. The van der Waals surface area contributed by atoms with E-state index in [9.17, 15) is 5.11 Å². The number of hydrogen-bond donors (Lipinski definition) is 1. The topological polar surface area (TPSA) is 32.6 Å². The molecule has 2 nitrogen and oxygen atoms in total. The van der Waals surface area contributed by atoms with Gasteiger partial charge in [-0.25, -0.2) is 0 Å². The Balaban J connectivity index is 0.000000968. The minimum atomic E-state index is -0.556. The monoisotopic (exact) mass is 521 g/mol. The molecule has 2 aliphatic carbocycles. The zero-order valence-corrected chi connectivity index (χ0v) is 22.7. The van der Waals surface area contributed by atoms with Gasteiger partial charge in [0.15, 0.2) is 0 Å². The summed E-state index contributed by atoms with van der Waals surface area (Å²) in [4.78, 5) is 4.67. The molecule has 2 aromatic carbocycles. The molecule has 5 heteroatoms. The van der Waals surface area contributed by atoms with Crippen molar-refractivity contribution in [1.82, 2.24) is 0 Å². The average molecular weight is 522 g/mol. The Morgan fingerprint density at radius 3 is 1.88 bits per heavy atom. The SMILES string of the molecule is Oc1c(C=Nc2ccccc2)cc(C2CCCCC2)cc1C1CCCCCCCC1.[Cl][Ti][Cl]. The molecule has 2 aromatic rings. The first-order valence-electron chi connectivity index (χ1n) is 12.6. The second-order valence-electron chi connectivity index (χ2n) is 9.44. The van der Waals surface area contributed by atoms with Gasteiger partial charge in [-0.1, -0.05) is 82.1 Å². The van der Waals surface area contributed by atoms with Gasteiger partial charge in [-0.3, -0.25) is 4.99 Å². The summed E-state index contributed by atoms with van der Waals surface area (Å²) in [5, 5.41) is 11.3. The van der Waals surface area contributed by atoms with Crippen LogP contribution in [0.3, 0.4) is 0 Å². The quantitative estimate of drug-likeness (QED) is 0.315. The number of halogens is 2. The number of para-hydroxylation sites is 1. The van der Waals surface area contributed by atoms with E-state index in [0.29, 0.717) is 17.6 Å². The molecule has 0 atom stereocenters. The molecule has 0 aromatic heterocycles. The summed E-state index contributed by atoms with van der Waals surface area (Å²) in [7, 11) is 9.78. The van der Waals surface area contributed by atoms with Crippen LogP contribution in [0, 0.1) is 0 Å². The molecular weight excluding hydrogens is 485 g/mol. The van der Waals surface area contributed by atoms with Crippen molar-refractivity contribution >= 4 is 30.5 Å². The van der Waals surface area contributed by atoms with Crippen molar-refractivity contribution in [2.45, 2.75) is 95.3 Å². The van der Waals surface area contributed by atoms with Crippen molar-refractivity contribution in [3.63, 3.8) is 0 Å². The Hall–Kier alpha value is -0.796. The Labute approximate surface area is 216 Å². The van der Waals surface area contributed by atoms with Crippen LogP contribution in [-0.4, -0.2) is 11.3 Å². The van der Waals surface area contributed by atoms with Crippen molar-refractivity contribution in [2.24, 2.45) is 4.99 Å². The number of phenolic OH excluding ortho intramolecular Hbond substituents is 1. The van der Waals surface area contributed by atoms with E-state index in [1.807, 2.05) is 36.5 Å². The summed E-state index contributed by atoms with van der Waals surface area (Å²) in [6.45, 7) is 0. The van der Waals surface area contributed by atoms with Crippen LogP contribution < -0.4 is 0 Å². The number of aromatic hydroxyl groups is 1. The predicted octanol–water partition coefficient (Wildman–Crippen LogP) is 9.78. The Morgan fingerprint density at radius 2 is 1.27 bits per heavy atom. The molecule has 0 aliphatic heterocycles. The summed E-state index contributed by atoms with van der Waals surface area (Å²) < 4.78 is 0. The summed E-state index contributed by atoms with van der Waals surface area (Å²) in [5.74, 6) is 1.59. The molecule has 2 aliphatic rings. The first-order valence-corrected chi connectivity index (χ1v) is 16.9. The van der Waals surface area contributed by atoms with Gasteiger partial charge >= 0.3 is 35.6 Å². The fraction of sp³-hybridized carbons (Fsp3) is 0.536. The fourth-order valence-electron chi connectivity index (χ4n) is 5.39. The second-order valence-corrected chi connectivity index (χ2v) is 12.0. The van der Waals surface area contributed by atoms with E-state index in [1.165, 1.54) is 94.6 Å². The predicted molar refractivity (Wildman–Crippen MR) is 139 cm³/mol. The molecule has 0 heterocycles. The Bertz CT molecular complexity index is 842. The summed E-state index contributed by atoms with van der Waals surface area (Å²) in [6, 6.07) is 14.6. The number of hydrogen-bond acceptors (Lipinski definition) is 2. The van der Waals surface area contributed by atoms with Crippen molar-refractivity contribution in [2.75, 3.05) is 0 Å². The van der Waals surface area contributed by atoms with Crippen LogP contribution in [0.4, 0.5) is 5.69 Å². The van der Waals surface area contributed by atoms with Crippen molar-refractivity contribution in [3.05, 3.63) is 59.2 Å². The number of phenols is 1. The van der Waals surface area contributed by atoms with Crippen LogP contribution in [0.25, 0.3) is 0 Å². The molecule has 0 saturated heterocycles. The van der Waals surface area contributed by atoms with Crippen LogP contribution in [0.2, 0.25) is 0 Å². The van der Waals surface area contributed by atoms with E-state index in [1.54, 1.807) is 0 Å². The first kappa shape index (κ1) is 26.8. The number of benzene rings is 2. The molecule has 0 unspecified atom stereocenters. The number of rotatable bonds is 4. The van der Waals surface area contributed by atoms with Crippen LogP contribution >= 0.6 is 18.6 Å². The van der Waals surface area contributed by atoms with Gasteiger partial charge in [0.05, 0.1) is 5.69 Å². The third kappa shape index (κ3) is 8.73. The van der Waals surface area contributed by atoms with Gasteiger partial charge in [0.25, 0.3) is 0 Å². The standard InChI is InChI=1S/C28H37NO.2ClH.Ti/c30-28-25(21-29-26-17-11-6-12-18-26)19-24(22-13-9-5-10-14-22)20-27(28)23-15-7-3-1-2-4-8-16-23;;;/h6,11-12,17-23,30H,1-5,7-10,13-16H2;2*1H;/q;;;+2/p-2. The second kappa shape index (κ2) is 15.3. The van der Waals surface area contributed by atoms with Gasteiger partial charge in [-0.2, -0.15) is 0 Å². The summed E-state index contributed by atoms with van der Waals surface area (Å²) in [6.07, 6.45) is 18.9. The maximum absolute atomic E-state index is 11.3. The average Bonchev–Trinajstić information content (AvgIpc) is 2.99. The van der Waals surface area contributed by atoms with E-state index in [-0.39, 0.29) is 0 Å². The van der Waals surface area contributed by atoms with Crippen molar-refractivity contribution in [1.29, 1.82) is 0 Å². The zero-order chi connectivity index (χ0) is 23.3. The summed E-state index contributed by atoms with van der Waals surface area (Å²) in [5.41, 5.74) is 4.45. The van der Waals surface area contributed by atoms with E-state index in [2.05, 4.69) is 17.1 Å². The van der Waals surface area contributed by atoms with E-state index in [0.717, 1.165) is 11.3 Å². The molecule has 1 N–H and O–H groups in total.